The van der Waals surface area contributed by atoms with Crippen LogP contribution < -0.4 is 11.4 Å². The summed E-state index contributed by atoms with van der Waals surface area (Å²) in [6.07, 6.45) is 0. The maximum absolute atomic E-state index is 3.15. The summed E-state index contributed by atoms with van der Waals surface area (Å²) in [4.78, 5) is 0. The van der Waals surface area contributed by atoms with Gasteiger partial charge in [0.05, 0.1) is 0 Å². The molecule has 4 heteroatoms. The molecule has 0 spiro atoms. The van der Waals surface area contributed by atoms with E-state index in [0.717, 1.165) is 0 Å². The maximum atomic E-state index is 3.15. The van der Waals surface area contributed by atoms with E-state index in [2.05, 4.69) is 11.4 Å². The van der Waals surface area contributed by atoms with Crippen molar-refractivity contribution in [1.29, 1.82) is 0 Å². The normalized spacial score (nSPS) is 9.00. The van der Waals surface area contributed by atoms with Gasteiger partial charge in [-0.05, 0) is 0 Å². The molecule has 3 N–H and O–H groups in total. The molecule has 0 heterocycles. The molecule has 0 amide bonds. The Morgan fingerprint density at radius 1 is 0.857 bits per heavy atom. The van der Waals surface area contributed by atoms with Crippen molar-refractivity contribution in [3.05, 3.63) is 0 Å². The van der Waals surface area contributed by atoms with Crippen molar-refractivity contribution in [2.45, 2.75) is 0 Å². The molecule has 0 radical (unpaired) electrons. The van der Waals surface area contributed by atoms with Crippen molar-refractivity contribution in [2.75, 3.05) is 21.1 Å². The van der Waals surface area contributed by atoms with Gasteiger partial charge in [0.1, 0.15) is 0 Å². The first-order valence-electron chi connectivity index (χ1n) is 2.25. The van der Waals surface area contributed by atoms with E-state index < -0.39 is 18.6 Å². The molecular weight excluding hydrogens is 126 g/mol. The molecule has 0 aliphatic carbocycles. The molecule has 0 unspecified atom stereocenters. The SMILES string of the molecule is C[NH][Ti]([NH]C)[NH]C. The van der Waals surface area contributed by atoms with E-state index in [1.54, 1.807) is 0 Å². The molecule has 0 aromatic heterocycles. The van der Waals surface area contributed by atoms with Crippen molar-refractivity contribution in [1.82, 2.24) is 11.4 Å². The van der Waals surface area contributed by atoms with Crippen LogP contribution in [0.3, 0.4) is 0 Å². The molecule has 0 saturated carbocycles. The predicted molar refractivity (Wildman–Crippen MR) is 27.2 cm³/mol. The van der Waals surface area contributed by atoms with Gasteiger partial charge < -0.3 is 0 Å². The van der Waals surface area contributed by atoms with Crippen LogP contribution in [-0.2, 0) is 18.6 Å². The fraction of sp³-hybridized carbons (Fsp3) is 1.00. The van der Waals surface area contributed by atoms with Gasteiger partial charge >= 0.3 is 51.2 Å². The van der Waals surface area contributed by atoms with Crippen molar-refractivity contribution in [3.63, 3.8) is 0 Å². The molecule has 7 heavy (non-hydrogen) atoms. The first kappa shape index (κ1) is 7.59. The third kappa shape index (κ3) is 3.20. The Balaban J connectivity index is 2.99. The van der Waals surface area contributed by atoms with Crippen molar-refractivity contribution in [2.24, 2.45) is 0 Å². The Kier molecular flexibility index (Phi) is 5.15. The molecule has 0 aliphatic heterocycles. The van der Waals surface area contributed by atoms with Crippen molar-refractivity contribution < 1.29 is 18.6 Å². The van der Waals surface area contributed by atoms with Crippen LogP contribution in [0.15, 0.2) is 0 Å². The molecule has 0 fully saturated rings. The third-order valence-electron chi connectivity index (χ3n) is 0.750. The van der Waals surface area contributed by atoms with E-state index in [-0.39, 0.29) is 0 Å². The first-order valence-corrected chi connectivity index (χ1v) is 4.59. The zero-order valence-electron chi connectivity index (χ0n) is 5.00. The van der Waals surface area contributed by atoms with Gasteiger partial charge in [-0.3, -0.25) is 0 Å². The Bertz CT molecular complexity index is 31.7. The van der Waals surface area contributed by atoms with Crippen LogP contribution in [0, 0.1) is 0 Å². The fourth-order valence-corrected chi connectivity index (χ4v) is 1.55. The zero-order valence-corrected chi connectivity index (χ0v) is 6.56. The van der Waals surface area contributed by atoms with Crippen LogP contribution >= 0.6 is 0 Å². The van der Waals surface area contributed by atoms with E-state index >= 15 is 0 Å². The summed E-state index contributed by atoms with van der Waals surface area (Å²) in [5.74, 6) is 0. The van der Waals surface area contributed by atoms with E-state index in [0.29, 0.717) is 0 Å². The van der Waals surface area contributed by atoms with Crippen LogP contribution in [-0.4, -0.2) is 21.1 Å². The minimum absolute atomic E-state index is 1.15. The number of hydrogen-bond acceptors (Lipinski definition) is 3. The standard InChI is InChI=1S/3CH4N.Ti/c3*1-2;/h3*2H,1H3;/q3*-1;+3. The topological polar surface area (TPSA) is 36.1 Å². The van der Waals surface area contributed by atoms with Gasteiger partial charge in [-0.15, -0.1) is 0 Å². The van der Waals surface area contributed by atoms with Crippen LogP contribution in [0.2, 0.25) is 0 Å². The van der Waals surface area contributed by atoms with E-state index in [1.807, 2.05) is 21.1 Å². The minimum atomic E-state index is -1.15. The zero-order chi connectivity index (χ0) is 5.70. The van der Waals surface area contributed by atoms with Crippen LogP contribution in [0.25, 0.3) is 0 Å². The first-order chi connectivity index (χ1) is 3.35. The van der Waals surface area contributed by atoms with Gasteiger partial charge in [0.2, 0.25) is 0 Å². The molecule has 0 atom stereocenters. The van der Waals surface area contributed by atoms with E-state index in [1.165, 1.54) is 0 Å². The Morgan fingerprint density at radius 2 is 1.14 bits per heavy atom. The summed E-state index contributed by atoms with van der Waals surface area (Å²) in [6, 6.07) is 0. The van der Waals surface area contributed by atoms with Gasteiger partial charge in [-0.2, -0.15) is 0 Å². The Hall–Kier alpha value is 0.594. The van der Waals surface area contributed by atoms with Crippen molar-refractivity contribution >= 4 is 0 Å². The molecule has 0 rings (SSSR count). The second-order valence-corrected chi connectivity index (χ2v) is 4.64. The summed E-state index contributed by atoms with van der Waals surface area (Å²) in [5.41, 5.74) is 0. The number of hydrogen-bond donors (Lipinski definition) is 3. The molecule has 3 nitrogen and oxygen atoms in total. The van der Waals surface area contributed by atoms with Gasteiger partial charge in [-0.1, -0.05) is 0 Å². The number of nitrogens with one attached hydrogen (secondary N) is 3. The molecular formula is C3H12N3Ti. The van der Waals surface area contributed by atoms with E-state index in [4.69, 9.17) is 0 Å². The fourth-order valence-electron chi connectivity index (χ4n) is 0.375. The molecule has 0 bridgehead atoms. The van der Waals surface area contributed by atoms with Crippen LogP contribution in [0.5, 0.6) is 0 Å². The molecule has 43 valence electrons. The van der Waals surface area contributed by atoms with E-state index in [9.17, 15) is 0 Å². The summed E-state index contributed by atoms with van der Waals surface area (Å²) in [6.45, 7) is 0. The van der Waals surface area contributed by atoms with Gasteiger partial charge in [0.25, 0.3) is 0 Å². The number of rotatable bonds is 3. The Labute approximate surface area is 51.6 Å². The predicted octanol–water partition coefficient (Wildman–Crippen LogP) is -0.992. The van der Waals surface area contributed by atoms with Crippen LogP contribution in [0.4, 0.5) is 0 Å². The monoisotopic (exact) mass is 138 g/mol. The van der Waals surface area contributed by atoms with Crippen LogP contribution in [0.1, 0.15) is 0 Å². The Morgan fingerprint density at radius 3 is 1.14 bits per heavy atom. The third-order valence-corrected chi connectivity index (χ3v) is 3.09. The summed E-state index contributed by atoms with van der Waals surface area (Å²) >= 11 is -1.15. The average molecular weight is 138 g/mol. The molecule has 0 aromatic carbocycles. The summed E-state index contributed by atoms with van der Waals surface area (Å²) in [5, 5.41) is 0. The quantitative estimate of drug-likeness (QED) is 0.438. The second-order valence-electron chi connectivity index (χ2n) is 1.12. The summed E-state index contributed by atoms with van der Waals surface area (Å²) < 4.78 is 9.44. The molecule has 0 aliphatic rings. The second kappa shape index (κ2) is 4.75. The molecule has 0 saturated heterocycles. The van der Waals surface area contributed by atoms with Gasteiger partial charge in [-0.25, -0.2) is 0 Å². The van der Waals surface area contributed by atoms with Crippen molar-refractivity contribution in [3.8, 4) is 0 Å². The van der Waals surface area contributed by atoms with Gasteiger partial charge in [0.15, 0.2) is 0 Å². The molecule has 0 aromatic rings. The average Bonchev–Trinajstić information content (AvgIpc) is 1.72. The van der Waals surface area contributed by atoms with Gasteiger partial charge in [0, 0.05) is 0 Å². The summed E-state index contributed by atoms with van der Waals surface area (Å²) in [7, 11) is 5.88.